The Labute approximate surface area is 121 Å². The van der Waals surface area contributed by atoms with Gasteiger partial charge in [0.15, 0.2) is 0 Å². The summed E-state index contributed by atoms with van der Waals surface area (Å²) in [5.41, 5.74) is 1.10. The molecule has 0 aliphatic carbocycles. The van der Waals surface area contributed by atoms with E-state index in [1.807, 2.05) is 23.2 Å². The molecule has 0 saturated carbocycles. The maximum atomic E-state index is 11.9. The molecule has 4 heteroatoms. The Balaban J connectivity index is 1.85. The number of carbonyl (C=O) groups is 1. The van der Waals surface area contributed by atoms with Crippen molar-refractivity contribution >= 4 is 5.91 Å². The summed E-state index contributed by atoms with van der Waals surface area (Å²) in [6.45, 7) is 6.97. The lowest BCUT2D eigenvalue weighted by atomic mass is 9.96. The lowest BCUT2D eigenvalue weighted by Crippen LogP contribution is -2.46. The molecule has 0 spiro atoms. The van der Waals surface area contributed by atoms with Gasteiger partial charge in [-0.25, -0.2) is 0 Å². The van der Waals surface area contributed by atoms with Gasteiger partial charge in [-0.15, -0.1) is 0 Å². The van der Waals surface area contributed by atoms with Crippen molar-refractivity contribution in [2.45, 2.75) is 39.3 Å². The second-order valence-corrected chi connectivity index (χ2v) is 6.06. The van der Waals surface area contributed by atoms with E-state index in [1.54, 1.807) is 0 Å². The first-order chi connectivity index (χ1) is 9.56. The molecule has 2 heterocycles. The molecule has 0 aromatic carbocycles. The Morgan fingerprint density at radius 2 is 2.25 bits per heavy atom. The van der Waals surface area contributed by atoms with Crippen LogP contribution in [0, 0.1) is 5.92 Å². The van der Waals surface area contributed by atoms with Gasteiger partial charge in [0.2, 0.25) is 5.91 Å². The van der Waals surface area contributed by atoms with Crippen LogP contribution in [0.25, 0.3) is 0 Å². The number of hydrogen-bond acceptors (Lipinski definition) is 3. The third kappa shape index (κ3) is 4.04. The summed E-state index contributed by atoms with van der Waals surface area (Å²) in [6, 6.07) is 6.33. The number of rotatable bonds is 5. The molecule has 1 aromatic rings. The van der Waals surface area contributed by atoms with Gasteiger partial charge in [0.1, 0.15) is 0 Å². The number of hydrogen-bond donors (Lipinski definition) is 0. The van der Waals surface area contributed by atoms with Gasteiger partial charge in [-0.05, 0) is 45.4 Å². The number of nitrogens with zero attached hydrogens (tertiary/aromatic N) is 3. The fourth-order valence-corrected chi connectivity index (χ4v) is 2.86. The predicted molar refractivity (Wildman–Crippen MR) is 80.1 cm³/mol. The molecule has 1 aliphatic heterocycles. The van der Waals surface area contributed by atoms with Gasteiger partial charge in [0.25, 0.3) is 0 Å². The molecule has 20 heavy (non-hydrogen) atoms. The molecule has 1 atom stereocenters. The topological polar surface area (TPSA) is 36.4 Å². The highest BCUT2D eigenvalue weighted by molar-refractivity contribution is 5.77. The molecular weight excluding hydrogens is 250 g/mol. The smallest absolute Gasteiger partial charge is 0.222 e. The molecular formula is C16H25N3O. The molecule has 1 aliphatic rings. The van der Waals surface area contributed by atoms with Crippen LogP contribution in [0.4, 0.5) is 0 Å². The first-order valence-electron chi connectivity index (χ1n) is 7.44. The second-order valence-electron chi connectivity index (χ2n) is 6.06. The Hall–Kier alpha value is -1.42. The number of amides is 1. The lowest BCUT2D eigenvalue weighted by Gasteiger charge is -2.37. The van der Waals surface area contributed by atoms with Crippen molar-refractivity contribution in [3.8, 4) is 0 Å². The van der Waals surface area contributed by atoms with E-state index in [0.29, 0.717) is 24.3 Å². The van der Waals surface area contributed by atoms with Crippen LogP contribution in [-0.4, -0.2) is 46.9 Å². The third-order valence-corrected chi connectivity index (χ3v) is 3.89. The molecule has 4 nitrogen and oxygen atoms in total. The minimum atomic E-state index is 0.309. The normalized spacial score (nSPS) is 19.9. The zero-order valence-corrected chi connectivity index (χ0v) is 12.7. The summed E-state index contributed by atoms with van der Waals surface area (Å²) >= 11 is 0. The quantitative estimate of drug-likeness (QED) is 0.826. The summed E-state index contributed by atoms with van der Waals surface area (Å²) < 4.78 is 0. The summed E-state index contributed by atoms with van der Waals surface area (Å²) in [5.74, 6) is 0.882. The molecule has 2 rings (SSSR count). The Morgan fingerprint density at radius 3 is 2.90 bits per heavy atom. The highest BCUT2D eigenvalue weighted by Crippen LogP contribution is 2.20. The predicted octanol–water partition coefficient (Wildman–Crippen LogP) is 2.16. The summed E-state index contributed by atoms with van der Waals surface area (Å²) in [4.78, 5) is 20.5. The Bertz CT molecular complexity index is 433. The monoisotopic (exact) mass is 275 g/mol. The van der Waals surface area contributed by atoms with Crippen LogP contribution in [0.1, 0.15) is 32.4 Å². The molecule has 0 bridgehead atoms. The maximum absolute atomic E-state index is 11.9. The van der Waals surface area contributed by atoms with E-state index >= 15 is 0 Å². The second kappa shape index (κ2) is 6.84. The van der Waals surface area contributed by atoms with Crippen molar-refractivity contribution < 1.29 is 4.79 Å². The molecule has 0 unspecified atom stereocenters. The van der Waals surface area contributed by atoms with E-state index in [2.05, 4.69) is 36.8 Å². The van der Waals surface area contributed by atoms with E-state index in [4.69, 9.17) is 0 Å². The highest BCUT2D eigenvalue weighted by Gasteiger charge is 2.27. The molecule has 1 amide bonds. The Kier molecular flexibility index (Phi) is 5.12. The molecule has 1 saturated heterocycles. The van der Waals surface area contributed by atoms with Crippen LogP contribution in [0.3, 0.4) is 0 Å². The van der Waals surface area contributed by atoms with Gasteiger partial charge < -0.3 is 9.80 Å². The van der Waals surface area contributed by atoms with Crippen molar-refractivity contribution in [3.63, 3.8) is 0 Å². The van der Waals surface area contributed by atoms with Crippen molar-refractivity contribution in [2.24, 2.45) is 5.92 Å². The van der Waals surface area contributed by atoms with Crippen molar-refractivity contribution in [1.82, 2.24) is 14.8 Å². The van der Waals surface area contributed by atoms with Crippen LogP contribution >= 0.6 is 0 Å². The van der Waals surface area contributed by atoms with E-state index in [0.717, 1.165) is 31.7 Å². The Morgan fingerprint density at radius 1 is 1.45 bits per heavy atom. The molecule has 1 fully saturated rings. The van der Waals surface area contributed by atoms with Gasteiger partial charge in [0.05, 0.1) is 5.69 Å². The van der Waals surface area contributed by atoms with Crippen LogP contribution in [0.2, 0.25) is 0 Å². The molecule has 0 N–H and O–H groups in total. The van der Waals surface area contributed by atoms with Gasteiger partial charge in [0, 0.05) is 38.3 Å². The standard InChI is InChI=1S/C16H25N3O/c1-13(2)19-11-14(7-8-16(19)20)10-18(3)12-15-6-4-5-9-17-15/h4-6,9,13-14H,7-8,10-12H2,1-3H3/t14-/m1/s1. The fraction of sp³-hybridized carbons (Fsp3) is 0.625. The molecule has 0 radical (unpaired) electrons. The number of pyridine rings is 1. The van der Waals surface area contributed by atoms with Gasteiger partial charge in [-0.1, -0.05) is 6.07 Å². The average Bonchev–Trinajstić information content (AvgIpc) is 2.41. The van der Waals surface area contributed by atoms with Gasteiger partial charge >= 0.3 is 0 Å². The third-order valence-electron chi connectivity index (χ3n) is 3.89. The fourth-order valence-electron chi connectivity index (χ4n) is 2.86. The minimum Gasteiger partial charge on any atom is -0.340 e. The minimum absolute atomic E-state index is 0.309. The van der Waals surface area contributed by atoms with Gasteiger partial charge in [-0.2, -0.15) is 0 Å². The van der Waals surface area contributed by atoms with Crippen LogP contribution < -0.4 is 0 Å². The summed E-state index contributed by atoms with van der Waals surface area (Å²) in [7, 11) is 2.13. The van der Waals surface area contributed by atoms with Crippen molar-refractivity contribution in [2.75, 3.05) is 20.1 Å². The van der Waals surface area contributed by atoms with E-state index in [9.17, 15) is 4.79 Å². The number of likely N-dealkylation sites (tertiary alicyclic amines) is 1. The van der Waals surface area contributed by atoms with Crippen molar-refractivity contribution in [1.29, 1.82) is 0 Å². The first-order valence-corrected chi connectivity index (χ1v) is 7.44. The lowest BCUT2D eigenvalue weighted by molar-refractivity contribution is -0.136. The van der Waals surface area contributed by atoms with E-state index < -0.39 is 0 Å². The van der Waals surface area contributed by atoms with Gasteiger partial charge in [-0.3, -0.25) is 9.78 Å². The van der Waals surface area contributed by atoms with Crippen molar-refractivity contribution in [3.05, 3.63) is 30.1 Å². The first kappa shape index (κ1) is 15.0. The van der Waals surface area contributed by atoms with Crippen LogP contribution in [-0.2, 0) is 11.3 Å². The number of aromatic nitrogens is 1. The summed E-state index contributed by atoms with van der Waals surface area (Å²) in [6.07, 6.45) is 3.54. The SMILES string of the molecule is CC(C)N1C[C@@H](CN(C)Cc2ccccn2)CCC1=O. The highest BCUT2D eigenvalue weighted by atomic mass is 16.2. The maximum Gasteiger partial charge on any atom is 0.222 e. The van der Waals surface area contributed by atoms with Crippen LogP contribution in [0.15, 0.2) is 24.4 Å². The molecule has 1 aromatic heterocycles. The zero-order valence-electron chi connectivity index (χ0n) is 12.7. The number of carbonyl (C=O) groups excluding carboxylic acids is 1. The average molecular weight is 275 g/mol. The van der Waals surface area contributed by atoms with E-state index in [1.165, 1.54) is 0 Å². The van der Waals surface area contributed by atoms with Crippen LogP contribution in [0.5, 0.6) is 0 Å². The molecule has 110 valence electrons. The largest absolute Gasteiger partial charge is 0.340 e. The summed E-state index contributed by atoms with van der Waals surface area (Å²) in [5, 5.41) is 0. The van der Waals surface area contributed by atoms with E-state index in [-0.39, 0.29) is 0 Å². The number of piperidine rings is 1. The zero-order chi connectivity index (χ0) is 14.5.